The highest BCUT2D eigenvalue weighted by Gasteiger charge is 2.09. The van der Waals surface area contributed by atoms with Crippen LogP contribution in [0.15, 0.2) is 46.9 Å². The summed E-state index contributed by atoms with van der Waals surface area (Å²) in [5, 5.41) is 5.78. The maximum Gasteiger partial charge on any atom is 0.325 e. The molecule has 0 aliphatic rings. The van der Waals surface area contributed by atoms with Gasteiger partial charge in [0.2, 0.25) is 0 Å². The molecule has 0 atom stereocenters. The van der Waals surface area contributed by atoms with E-state index < -0.39 is 6.03 Å². The van der Waals surface area contributed by atoms with E-state index in [2.05, 4.69) is 31.5 Å². The number of hydrogen-bond donors (Lipinski definition) is 2. The molecule has 4 nitrogen and oxygen atoms in total. The lowest BCUT2D eigenvalue weighted by Crippen LogP contribution is -2.19. The van der Waals surface area contributed by atoms with Crippen LogP contribution >= 0.6 is 27.3 Å². The van der Waals surface area contributed by atoms with Crippen LogP contribution in [0.3, 0.4) is 0 Å². The highest BCUT2D eigenvalue weighted by molar-refractivity contribution is 9.10. The summed E-state index contributed by atoms with van der Waals surface area (Å²) in [6.07, 6.45) is 0. The summed E-state index contributed by atoms with van der Waals surface area (Å²) in [6, 6.07) is 10.9. The highest BCUT2D eigenvalue weighted by atomic mass is 79.9. The second kappa shape index (κ2) is 5.79. The van der Waals surface area contributed by atoms with Gasteiger partial charge >= 0.3 is 6.03 Å². The van der Waals surface area contributed by atoms with Crippen molar-refractivity contribution in [2.24, 2.45) is 0 Å². The maximum atomic E-state index is 12.8. The number of amides is 2. The summed E-state index contributed by atoms with van der Waals surface area (Å²) in [5.41, 5.74) is 1.32. The summed E-state index contributed by atoms with van der Waals surface area (Å²) in [6.45, 7) is 0. The number of para-hydroxylation sites is 1. The Balaban J connectivity index is 1.74. The molecule has 1 heterocycles. The average Bonchev–Trinajstić information content (AvgIpc) is 2.85. The van der Waals surface area contributed by atoms with E-state index in [4.69, 9.17) is 0 Å². The van der Waals surface area contributed by atoms with E-state index in [-0.39, 0.29) is 5.82 Å². The number of aromatic nitrogens is 1. The third-order valence-corrected chi connectivity index (χ3v) is 4.27. The van der Waals surface area contributed by atoms with Crippen LogP contribution in [-0.4, -0.2) is 11.0 Å². The molecule has 0 radical (unpaired) electrons. The fourth-order valence-corrected chi connectivity index (χ4v) is 3.24. The third-order valence-electron chi connectivity index (χ3n) is 2.69. The number of thiazole rings is 1. The van der Waals surface area contributed by atoms with Gasteiger partial charge in [0.05, 0.1) is 10.2 Å². The summed E-state index contributed by atoms with van der Waals surface area (Å²) >= 11 is 4.80. The lowest BCUT2D eigenvalue weighted by molar-refractivity contribution is 0.262. The van der Waals surface area contributed by atoms with Gasteiger partial charge in [0, 0.05) is 10.2 Å². The van der Waals surface area contributed by atoms with E-state index in [0.29, 0.717) is 10.8 Å². The van der Waals surface area contributed by atoms with Crippen LogP contribution in [-0.2, 0) is 0 Å². The van der Waals surface area contributed by atoms with E-state index in [1.807, 2.05) is 18.2 Å². The number of halogens is 2. The Morgan fingerprint density at radius 3 is 2.62 bits per heavy atom. The quantitative estimate of drug-likeness (QED) is 0.682. The van der Waals surface area contributed by atoms with Gasteiger partial charge in [0.1, 0.15) is 5.82 Å². The van der Waals surface area contributed by atoms with Gasteiger partial charge in [0.15, 0.2) is 5.13 Å². The van der Waals surface area contributed by atoms with Crippen LogP contribution in [0.4, 0.5) is 20.0 Å². The minimum absolute atomic E-state index is 0.350. The van der Waals surface area contributed by atoms with Crippen molar-refractivity contribution < 1.29 is 9.18 Å². The number of urea groups is 1. The number of carbonyl (C=O) groups is 1. The van der Waals surface area contributed by atoms with Gasteiger partial charge in [-0.15, -0.1) is 0 Å². The minimum Gasteiger partial charge on any atom is -0.308 e. The van der Waals surface area contributed by atoms with E-state index in [9.17, 15) is 9.18 Å². The van der Waals surface area contributed by atoms with Crippen molar-refractivity contribution in [1.82, 2.24) is 4.98 Å². The lowest BCUT2D eigenvalue weighted by Gasteiger charge is -2.04. The standard InChI is InChI=1S/C14H9BrFN3OS/c15-10-2-1-3-11-12(10)18-14(21-11)19-13(20)17-9-6-4-8(16)5-7-9/h1-7H,(H2,17,18,19,20). The fraction of sp³-hybridized carbons (Fsp3) is 0. The normalized spacial score (nSPS) is 10.6. The number of hydrogen-bond acceptors (Lipinski definition) is 3. The molecule has 2 amide bonds. The lowest BCUT2D eigenvalue weighted by atomic mass is 10.3. The van der Waals surface area contributed by atoms with E-state index in [1.54, 1.807) is 0 Å². The highest BCUT2D eigenvalue weighted by Crippen LogP contribution is 2.30. The van der Waals surface area contributed by atoms with E-state index in [0.717, 1.165) is 14.7 Å². The number of carbonyl (C=O) groups excluding carboxylic acids is 1. The molecule has 0 fully saturated rings. The molecule has 1 aromatic heterocycles. The van der Waals surface area contributed by atoms with E-state index >= 15 is 0 Å². The predicted molar refractivity (Wildman–Crippen MR) is 86.4 cm³/mol. The van der Waals surface area contributed by atoms with Crippen LogP contribution in [0.2, 0.25) is 0 Å². The zero-order chi connectivity index (χ0) is 14.8. The van der Waals surface area contributed by atoms with Crippen molar-refractivity contribution in [2.75, 3.05) is 10.6 Å². The van der Waals surface area contributed by atoms with Crippen molar-refractivity contribution in [3.05, 3.63) is 52.8 Å². The molecule has 21 heavy (non-hydrogen) atoms. The first-order valence-electron chi connectivity index (χ1n) is 6.00. The fourth-order valence-electron chi connectivity index (χ4n) is 1.76. The van der Waals surface area contributed by atoms with Crippen LogP contribution < -0.4 is 10.6 Å². The zero-order valence-corrected chi connectivity index (χ0v) is 13.0. The average molecular weight is 366 g/mol. The first-order chi connectivity index (χ1) is 10.1. The van der Waals surface area contributed by atoms with Crippen molar-refractivity contribution in [1.29, 1.82) is 0 Å². The SMILES string of the molecule is O=C(Nc1ccc(F)cc1)Nc1nc2c(Br)cccc2s1. The second-order valence-electron chi connectivity index (χ2n) is 4.19. The van der Waals surface area contributed by atoms with E-state index in [1.165, 1.54) is 35.6 Å². The van der Waals surface area contributed by atoms with Crippen LogP contribution in [0.25, 0.3) is 10.2 Å². The summed E-state index contributed by atoms with van der Waals surface area (Å²) in [5.74, 6) is -0.350. The van der Waals surface area contributed by atoms with Gasteiger partial charge in [-0.3, -0.25) is 5.32 Å². The molecule has 0 bridgehead atoms. The van der Waals surface area contributed by atoms with Crippen molar-refractivity contribution >= 4 is 54.3 Å². The molecule has 0 aliphatic heterocycles. The van der Waals surface area contributed by atoms with Crippen LogP contribution in [0.1, 0.15) is 0 Å². The number of benzene rings is 2. The molecule has 0 spiro atoms. The summed E-state index contributed by atoms with van der Waals surface area (Å²) < 4.78 is 14.6. The first-order valence-corrected chi connectivity index (χ1v) is 7.61. The number of anilines is 2. The molecule has 7 heteroatoms. The van der Waals surface area contributed by atoms with Gasteiger partial charge in [-0.2, -0.15) is 0 Å². The van der Waals surface area contributed by atoms with Crippen molar-refractivity contribution in [2.45, 2.75) is 0 Å². The van der Waals surface area contributed by atoms with Crippen molar-refractivity contribution in [3.8, 4) is 0 Å². The Morgan fingerprint density at radius 1 is 1.14 bits per heavy atom. The molecule has 0 saturated carbocycles. The molecule has 2 N–H and O–H groups in total. The Labute approximate surface area is 132 Å². The Bertz CT molecular complexity index is 804. The molecular formula is C14H9BrFN3OS. The molecular weight excluding hydrogens is 357 g/mol. The summed E-state index contributed by atoms with van der Waals surface area (Å²) in [7, 11) is 0. The Morgan fingerprint density at radius 2 is 1.90 bits per heavy atom. The first kappa shape index (κ1) is 14.0. The molecule has 0 saturated heterocycles. The van der Waals surface area contributed by atoms with Crippen LogP contribution in [0, 0.1) is 5.82 Å². The monoisotopic (exact) mass is 365 g/mol. The topological polar surface area (TPSA) is 54.0 Å². The Kier molecular flexibility index (Phi) is 3.85. The van der Waals surface area contributed by atoms with Gasteiger partial charge in [-0.05, 0) is 52.3 Å². The number of fused-ring (bicyclic) bond motifs is 1. The zero-order valence-electron chi connectivity index (χ0n) is 10.6. The third kappa shape index (κ3) is 3.20. The minimum atomic E-state index is -0.420. The molecule has 2 aromatic carbocycles. The molecule has 0 unspecified atom stereocenters. The van der Waals surface area contributed by atoms with Gasteiger partial charge in [0.25, 0.3) is 0 Å². The summed E-state index contributed by atoms with van der Waals surface area (Å²) in [4.78, 5) is 16.2. The number of nitrogens with zero attached hydrogens (tertiary/aromatic N) is 1. The Hall–Kier alpha value is -1.99. The second-order valence-corrected chi connectivity index (χ2v) is 6.08. The van der Waals surface area contributed by atoms with Gasteiger partial charge in [-0.1, -0.05) is 17.4 Å². The van der Waals surface area contributed by atoms with Gasteiger partial charge < -0.3 is 5.32 Å². The van der Waals surface area contributed by atoms with Crippen molar-refractivity contribution in [3.63, 3.8) is 0 Å². The van der Waals surface area contributed by atoms with Crippen LogP contribution in [0.5, 0.6) is 0 Å². The number of nitrogens with one attached hydrogen (secondary N) is 2. The predicted octanol–water partition coefficient (Wildman–Crippen LogP) is 4.84. The molecule has 106 valence electrons. The maximum absolute atomic E-state index is 12.8. The molecule has 3 aromatic rings. The smallest absolute Gasteiger partial charge is 0.308 e. The number of rotatable bonds is 2. The largest absolute Gasteiger partial charge is 0.325 e. The molecule has 3 rings (SSSR count). The van der Waals surface area contributed by atoms with Gasteiger partial charge in [-0.25, -0.2) is 14.2 Å². The molecule has 0 aliphatic carbocycles.